The molecule has 2 N–H and O–H groups in total. The van der Waals surface area contributed by atoms with Crippen LogP contribution in [0.2, 0.25) is 0 Å². The van der Waals surface area contributed by atoms with Crippen LogP contribution in [0.15, 0.2) is 56.0 Å². The molecule has 1 saturated heterocycles. The van der Waals surface area contributed by atoms with Gasteiger partial charge in [-0.15, -0.1) is 33.3 Å². The Hall–Kier alpha value is -2.70. The van der Waals surface area contributed by atoms with Crippen LogP contribution in [0.25, 0.3) is 0 Å². The lowest BCUT2D eigenvalue weighted by molar-refractivity contribution is 0.0684. The van der Waals surface area contributed by atoms with Crippen LogP contribution in [0, 0.1) is 11.3 Å². The Morgan fingerprint density at radius 1 is 1.36 bits per heavy atom. The van der Waals surface area contributed by atoms with Gasteiger partial charge in [-0.3, -0.25) is 4.79 Å². The van der Waals surface area contributed by atoms with Crippen molar-refractivity contribution in [1.29, 1.82) is 5.26 Å². The van der Waals surface area contributed by atoms with Crippen molar-refractivity contribution in [2.45, 2.75) is 29.5 Å². The van der Waals surface area contributed by atoms with Crippen molar-refractivity contribution in [3.05, 3.63) is 46.8 Å². The monoisotopic (exact) mass is 412 g/mol. The highest BCUT2D eigenvalue weighted by atomic mass is 32.2. The molecule has 2 heterocycles. The Morgan fingerprint density at radius 2 is 2.21 bits per heavy atom. The molecule has 0 bridgehead atoms. The number of amides is 1. The highest BCUT2D eigenvalue weighted by Gasteiger charge is 2.31. The van der Waals surface area contributed by atoms with Crippen molar-refractivity contribution < 1.29 is 4.79 Å². The Morgan fingerprint density at radius 3 is 2.96 bits per heavy atom. The van der Waals surface area contributed by atoms with Crippen LogP contribution in [0.5, 0.6) is 0 Å². The molecule has 7 nitrogen and oxygen atoms in total. The van der Waals surface area contributed by atoms with Gasteiger partial charge >= 0.3 is 0 Å². The number of piperidine rings is 1. The molecule has 1 unspecified atom stereocenters. The van der Waals surface area contributed by atoms with Crippen molar-refractivity contribution >= 4 is 40.5 Å². The number of benzene rings is 1. The Bertz CT molecular complexity index is 946. The van der Waals surface area contributed by atoms with Gasteiger partial charge in [0.1, 0.15) is 5.84 Å². The second-order valence-electron chi connectivity index (χ2n) is 6.21. The van der Waals surface area contributed by atoms with E-state index in [-0.39, 0.29) is 17.8 Å². The maximum absolute atomic E-state index is 12.9. The normalized spacial score (nSPS) is 17.6. The minimum Gasteiger partial charge on any atom is -0.384 e. The highest BCUT2D eigenvalue weighted by molar-refractivity contribution is 8.00. The molecule has 0 aliphatic carbocycles. The number of carbonyl (C=O) groups is 1. The molecular formula is C19H20N6OS2. The van der Waals surface area contributed by atoms with Gasteiger partial charge in [0.15, 0.2) is 0 Å². The topological polar surface area (TPSA) is 107 Å². The third-order valence-corrected chi connectivity index (χ3v) is 6.55. The molecule has 2 aromatic rings. The number of nitrogens with zero attached hydrogens (tertiary/aromatic N) is 5. The van der Waals surface area contributed by atoms with Gasteiger partial charge in [0.25, 0.3) is 5.91 Å². The Labute approximate surface area is 171 Å². The molecule has 1 fully saturated rings. The molecule has 1 amide bonds. The zero-order valence-electron chi connectivity index (χ0n) is 15.4. The summed E-state index contributed by atoms with van der Waals surface area (Å²) in [6.07, 6.45) is 4.66. The van der Waals surface area contributed by atoms with Crippen LogP contribution in [0.1, 0.15) is 34.5 Å². The third-order valence-electron chi connectivity index (χ3n) is 4.39. The number of likely N-dealkylation sites (tertiary alicyclic amines) is 1. The number of nitriles is 1. The van der Waals surface area contributed by atoms with Crippen LogP contribution < -0.4 is 5.73 Å². The molecule has 1 aliphatic heterocycles. The molecule has 28 heavy (non-hydrogen) atoms. The molecule has 0 saturated carbocycles. The number of hydrogen-bond acceptors (Lipinski definition) is 6. The lowest BCUT2D eigenvalue weighted by atomic mass is 10.0. The smallest absolute Gasteiger partial charge is 0.264 e. The highest BCUT2D eigenvalue weighted by Crippen LogP contribution is 2.28. The second kappa shape index (κ2) is 9.48. The van der Waals surface area contributed by atoms with Crippen molar-refractivity contribution in [2.75, 3.05) is 12.8 Å². The van der Waals surface area contributed by atoms with E-state index < -0.39 is 0 Å². The predicted octanol–water partition coefficient (Wildman–Crippen LogP) is 4.39. The Kier molecular flexibility index (Phi) is 6.79. The van der Waals surface area contributed by atoms with Crippen molar-refractivity contribution in [3.63, 3.8) is 0 Å². The minimum atomic E-state index is -0.287. The van der Waals surface area contributed by atoms with E-state index in [0.29, 0.717) is 22.7 Å². The maximum Gasteiger partial charge on any atom is 0.264 e. The van der Waals surface area contributed by atoms with Crippen LogP contribution >= 0.6 is 23.1 Å². The molecule has 144 valence electrons. The van der Waals surface area contributed by atoms with E-state index in [0.717, 1.165) is 23.5 Å². The van der Waals surface area contributed by atoms with Crippen molar-refractivity contribution in [2.24, 2.45) is 21.2 Å². The van der Waals surface area contributed by atoms with E-state index >= 15 is 0 Å². The standard InChI is InChI=1S/C19H20N6OS2/c1-27-17-9-8-16(28-17)19(26)25-10-3-2-7-15(25)18(21)23-24-22-14-6-4-5-13(11-14)12-20/h4-6,8-9,11,15H,2-3,7,10H2,1H3,(H2,21,22,23). The molecule has 1 aliphatic rings. The molecule has 0 radical (unpaired) electrons. The quantitative estimate of drug-likeness (QED) is 0.258. The third kappa shape index (κ3) is 4.77. The summed E-state index contributed by atoms with van der Waals surface area (Å²) in [5.41, 5.74) is 7.18. The predicted molar refractivity (Wildman–Crippen MR) is 112 cm³/mol. The van der Waals surface area contributed by atoms with E-state index in [1.165, 1.54) is 11.3 Å². The van der Waals surface area contributed by atoms with E-state index in [1.54, 1.807) is 40.9 Å². The fraction of sp³-hybridized carbons (Fsp3) is 0.316. The molecule has 1 aromatic heterocycles. The molecule has 0 spiro atoms. The first kappa shape index (κ1) is 20.0. The van der Waals surface area contributed by atoms with E-state index in [2.05, 4.69) is 21.5 Å². The van der Waals surface area contributed by atoms with Gasteiger partial charge in [0.2, 0.25) is 0 Å². The van der Waals surface area contributed by atoms with Crippen LogP contribution in [0.3, 0.4) is 0 Å². The van der Waals surface area contributed by atoms with Gasteiger partial charge in [-0.1, -0.05) is 6.07 Å². The lowest BCUT2D eigenvalue weighted by Gasteiger charge is -2.34. The lowest BCUT2D eigenvalue weighted by Crippen LogP contribution is -2.50. The number of thiophene rings is 1. The summed E-state index contributed by atoms with van der Waals surface area (Å²) in [5, 5.41) is 20.8. The first-order valence-corrected chi connectivity index (χ1v) is 10.9. The minimum absolute atomic E-state index is 0.0215. The number of amidine groups is 1. The summed E-state index contributed by atoms with van der Waals surface area (Å²) in [5.74, 6) is 0.252. The summed E-state index contributed by atoms with van der Waals surface area (Å²) < 4.78 is 1.10. The largest absolute Gasteiger partial charge is 0.384 e. The molecule has 3 rings (SSSR count). The van der Waals surface area contributed by atoms with Crippen molar-refractivity contribution in [3.8, 4) is 6.07 Å². The van der Waals surface area contributed by atoms with Gasteiger partial charge in [-0.05, 0) is 61.1 Å². The summed E-state index contributed by atoms with van der Waals surface area (Å²) >= 11 is 3.11. The molecule has 9 heteroatoms. The zero-order chi connectivity index (χ0) is 19.9. The fourth-order valence-corrected chi connectivity index (χ4v) is 4.50. The molecular weight excluding hydrogens is 392 g/mol. The number of rotatable bonds is 5. The summed E-state index contributed by atoms with van der Waals surface area (Å²) in [6.45, 7) is 0.646. The first-order valence-electron chi connectivity index (χ1n) is 8.81. The van der Waals surface area contributed by atoms with Crippen molar-refractivity contribution in [1.82, 2.24) is 4.90 Å². The summed E-state index contributed by atoms with van der Waals surface area (Å²) in [7, 11) is 0. The Balaban J connectivity index is 1.74. The van der Waals surface area contributed by atoms with Gasteiger partial charge in [-0.25, -0.2) is 0 Å². The van der Waals surface area contributed by atoms with Gasteiger partial charge < -0.3 is 10.6 Å². The van der Waals surface area contributed by atoms with E-state index in [4.69, 9.17) is 11.0 Å². The van der Waals surface area contributed by atoms with Crippen LogP contribution in [-0.2, 0) is 0 Å². The fourth-order valence-electron chi connectivity index (χ4n) is 3.00. The number of hydrogen-bond donors (Lipinski definition) is 1. The molecule has 1 aromatic carbocycles. The van der Waals surface area contributed by atoms with Gasteiger partial charge in [-0.2, -0.15) is 5.26 Å². The van der Waals surface area contributed by atoms with E-state index in [9.17, 15) is 4.79 Å². The van der Waals surface area contributed by atoms with Gasteiger partial charge in [0.05, 0.1) is 32.4 Å². The van der Waals surface area contributed by atoms with E-state index in [1.807, 2.05) is 18.4 Å². The zero-order valence-corrected chi connectivity index (χ0v) is 17.0. The number of nitrogens with two attached hydrogens (primary N) is 1. The summed E-state index contributed by atoms with van der Waals surface area (Å²) in [6, 6.07) is 12.3. The number of carbonyl (C=O) groups excluding carboxylic acids is 1. The first-order chi connectivity index (χ1) is 13.6. The summed E-state index contributed by atoms with van der Waals surface area (Å²) in [4.78, 5) is 15.4. The van der Waals surface area contributed by atoms with Crippen LogP contribution in [0.4, 0.5) is 5.69 Å². The maximum atomic E-state index is 12.9. The number of thioether (sulfide) groups is 1. The SMILES string of the molecule is CSc1ccc(C(=O)N2CCCCC2C(N)=NN=Nc2cccc(C#N)c2)s1. The average molecular weight is 413 g/mol. The molecule has 1 atom stereocenters. The van der Waals surface area contributed by atoms with Gasteiger partial charge in [0, 0.05) is 6.54 Å². The van der Waals surface area contributed by atoms with Crippen LogP contribution in [-0.4, -0.2) is 35.5 Å². The average Bonchev–Trinajstić information content (AvgIpc) is 3.22. The second-order valence-corrected chi connectivity index (χ2v) is 8.40.